The summed E-state index contributed by atoms with van der Waals surface area (Å²) >= 11 is 6.35. The maximum atomic E-state index is 12.8. The van der Waals surface area contributed by atoms with Crippen LogP contribution >= 0.6 is 11.6 Å². The second kappa shape index (κ2) is 8.19. The Morgan fingerprint density at radius 3 is 2.64 bits per heavy atom. The Kier molecular flexibility index (Phi) is 5.97. The SMILES string of the molecule is CC1CCCCN1C(=O)c1ccc(NC(=O)C2CCNCC2)cc1Cl. The van der Waals surface area contributed by atoms with Crippen molar-refractivity contribution < 1.29 is 9.59 Å². The van der Waals surface area contributed by atoms with Crippen LogP contribution in [0.4, 0.5) is 5.69 Å². The number of hydrogen-bond donors (Lipinski definition) is 2. The fourth-order valence-electron chi connectivity index (χ4n) is 3.65. The standard InChI is InChI=1S/C19H26ClN3O2/c1-13-4-2-3-11-23(13)19(25)16-6-5-15(12-17(16)20)22-18(24)14-7-9-21-10-8-14/h5-6,12-14,21H,2-4,7-11H2,1H3,(H,22,24). The summed E-state index contributed by atoms with van der Waals surface area (Å²) in [5, 5.41) is 6.58. The number of carbonyl (C=O) groups is 2. The molecule has 3 rings (SSSR count). The molecule has 136 valence electrons. The van der Waals surface area contributed by atoms with E-state index in [0.29, 0.717) is 16.3 Å². The van der Waals surface area contributed by atoms with Crippen molar-refractivity contribution in [3.63, 3.8) is 0 Å². The summed E-state index contributed by atoms with van der Waals surface area (Å²) in [5.74, 6) is 0.0465. The molecule has 2 aliphatic rings. The van der Waals surface area contributed by atoms with Gasteiger partial charge in [-0.3, -0.25) is 9.59 Å². The lowest BCUT2D eigenvalue weighted by Crippen LogP contribution is -2.42. The van der Waals surface area contributed by atoms with Crippen LogP contribution in [-0.2, 0) is 4.79 Å². The molecule has 0 bridgehead atoms. The van der Waals surface area contributed by atoms with E-state index in [2.05, 4.69) is 17.6 Å². The van der Waals surface area contributed by atoms with Gasteiger partial charge in [0.05, 0.1) is 10.6 Å². The van der Waals surface area contributed by atoms with Crippen molar-refractivity contribution in [2.75, 3.05) is 25.0 Å². The Hall–Kier alpha value is -1.59. The molecule has 0 aliphatic carbocycles. The maximum absolute atomic E-state index is 12.8. The van der Waals surface area contributed by atoms with Crippen molar-refractivity contribution in [2.24, 2.45) is 5.92 Å². The highest BCUT2D eigenvalue weighted by atomic mass is 35.5. The number of likely N-dealkylation sites (tertiary alicyclic amines) is 1. The molecule has 6 heteroatoms. The van der Waals surface area contributed by atoms with Crippen LogP contribution in [0.5, 0.6) is 0 Å². The lowest BCUT2D eigenvalue weighted by atomic mass is 9.97. The van der Waals surface area contributed by atoms with E-state index in [9.17, 15) is 9.59 Å². The van der Waals surface area contributed by atoms with Gasteiger partial charge in [0.15, 0.2) is 0 Å². The summed E-state index contributed by atoms with van der Waals surface area (Å²) in [6.07, 6.45) is 4.94. The topological polar surface area (TPSA) is 61.4 Å². The number of nitrogens with zero attached hydrogens (tertiary/aromatic N) is 1. The van der Waals surface area contributed by atoms with Gasteiger partial charge in [0.2, 0.25) is 5.91 Å². The fourth-order valence-corrected chi connectivity index (χ4v) is 3.91. The van der Waals surface area contributed by atoms with Crippen LogP contribution in [0.15, 0.2) is 18.2 Å². The summed E-state index contributed by atoms with van der Waals surface area (Å²) in [4.78, 5) is 27.0. The molecule has 1 unspecified atom stereocenters. The molecule has 2 aliphatic heterocycles. The quantitative estimate of drug-likeness (QED) is 0.866. The molecular weight excluding hydrogens is 338 g/mol. The van der Waals surface area contributed by atoms with Gasteiger partial charge in [0.25, 0.3) is 5.91 Å². The smallest absolute Gasteiger partial charge is 0.255 e. The number of hydrogen-bond acceptors (Lipinski definition) is 3. The summed E-state index contributed by atoms with van der Waals surface area (Å²) in [6, 6.07) is 5.43. The van der Waals surface area contributed by atoms with E-state index in [1.807, 2.05) is 4.90 Å². The highest BCUT2D eigenvalue weighted by molar-refractivity contribution is 6.34. The average molecular weight is 364 g/mol. The number of anilines is 1. The highest BCUT2D eigenvalue weighted by Gasteiger charge is 2.26. The number of amides is 2. The van der Waals surface area contributed by atoms with Crippen LogP contribution in [0.1, 0.15) is 49.4 Å². The molecular formula is C19H26ClN3O2. The molecule has 2 amide bonds. The number of carbonyl (C=O) groups excluding carboxylic acids is 2. The molecule has 2 N–H and O–H groups in total. The Morgan fingerprint density at radius 1 is 1.20 bits per heavy atom. The lowest BCUT2D eigenvalue weighted by molar-refractivity contribution is -0.120. The van der Waals surface area contributed by atoms with E-state index < -0.39 is 0 Å². The maximum Gasteiger partial charge on any atom is 0.255 e. The van der Waals surface area contributed by atoms with E-state index in [-0.39, 0.29) is 23.8 Å². The zero-order valence-electron chi connectivity index (χ0n) is 14.7. The third-order valence-corrected chi connectivity index (χ3v) is 5.55. The number of benzene rings is 1. The molecule has 0 radical (unpaired) electrons. The summed E-state index contributed by atoms with van der Waals surface area (Å²) < 4.78 is 0. The number of piperidine rings is 2. The zero-order chi connectivity index (χ0) is 17.8. The Morgan fingerprint density at radius 2 is 1.96 bits per heavy atom. The van der Waals surface area contributed by atoms with Gasteiger partial charge in [0, 0.05) is 24.2 Å². The normalized spacial score (nSPS) is 21.8. The Balaban J connectivity index is 1.67. The van der Waals surface area contributed by atoms with Gasteiger partial charge in [-0.25, -0.2) is 0 Å². The summed E-state index contributed by atoms with van der Waals surface area (Å²) in [6.45, 7) is 4.61. The zero-order valence-corrected chi connectivity index (χ0v) is 15.4. The molecule has 0 spiro atoms. The minimum absolute atomic E-state index is 0.0200. The molecule has 1 aromatic rings. The van der Waals surface area contributed by atoms with Gasteiger partial charge in [0.1, 0.15) is 0 Å². The molecule has 0 aromatic heterocycles. The van der Waals surface area contributed by atoms with Gasteiger partial charge in [-0.1, -0.05) is 11.6 Å². The minimum atomic E-state index is -0.0200. The van der Waals surface area contributed by atoms with Crippen molar-refractivity contribution >= 4 is 29.1 Å². The Labute approximate surface area is 154 Å². The molecule has 2 heterocycles. The fraction of sp³-hybridized carbons (Fsp3) is 0.579. The van der Waals surface area contributed by atoms with Gasteiger partial charge >= 0.3 is 0 Å². The van der Waals surface area contributed by atoms with Crippen molar-refractivity contribution in [3.05, 3.63) is 28.8 Å². The van der Waals surface area contributed by atoms with E-state index in [1.165, 1.54) is 6.42 Å². The van der Waals surface area contributed by atoms with Crippen molar-refractivity contribution in [1.29, 1.82) is 0 Å². The lowest BCUT2D eigenvalue weighted by Gasteiger charge is -2.33. The predicted molar refractivity (Wildman–Crippen MR) is 100 cm³/mol. The molecule has 1 atom stereocenters. The largest absolute Gasteiger partial charge is 0.336 e. The first-order valence-electron chi connectivity index (χ1n) is 9.18. The van der Waals surface area contributed by atoms with Crippen LogP contribution in [0.25, 0.3) is 0 Å². The number of halogens is 1. The van der Waals surface area contributed by atoms with Crippen molar-refractivity contribution in [1.82, 2.24) is 10.2 Å². The molecule has 2 saturated heterocycles. The molecule has 0 saturated carbocycles. The molecule has 25 heavy (non-hydrogen) atoms. The monoisotopic (exact) mass is 363 g/mol. The predicted octanol–water partition coefficient (Wildman–Crippen LogP) is 3.29. The number of rotatable bonds is 3. The second-order valence-corrected chi connectivity index (χ2v) is 7.46. The molecule has 2 fully saturated rings. The van der Waals surface area contributed by atoms with Crippen LogP contribution < -0.4 is 10.6 Å². The first kappa shape index (κ1) is 18.2. The minimum Gasteiger partial charge on any atom is -0.336 e. The van der Waals surface area contributed by atoms with Crippen LogP contribution in [0.3, 0.4) is 0 Å². The highest BCUT2D eigenvalue weighted by Crippen LogP contribution is 2.26. The Bertz CT molecular complexity index is 644. The van der Waals surface area contributed by atoms with Crippen LogP contribution in [-0.4, -0.2) is 42.4 Å². The van der Waals surface area contributed by atoms with E-state index >= 15 is 0 Å². The summed E-state index contributed by atoms with van der Waals surface area (Å²) in [5.41, 5.74) is 1.16. The second-order valence-electron chi connectivity index (χ2n) is 7.05. The molecule has 5 nitrogen and oxygen atoms in total. The number of nitrogens with one attached hydrogen (secondary N) is 2. The van der Waals surface area contributed by atoms with Gasteiger partial charge in [-0.05, 0) is 70.3 Å². The van der Waals surface area contributed by atoms with E-state index in [1.54, 1.807) is 18.2 Å². The first-order valence-corrected chi connectivity index (χ1v) is 9.56. The molecule has 1 aromatic carbocycles. The van der Waals surface area contributed by atoms with Gasteiger partial charge < -0.3 is 15.5 Å². The van der Waals surface area contributed by atoms with E-state index in [4.69, 9.17) is 11.6 Å². The van der Waals surface area contributed by atoms with Crippen molar-refractivity contribution in [3.8, 4) is 0 Å². The van der Waals surface area contributed by atoms with Crippen LogP contribution in [0.2, 0.25) is 5.02 Å². The third kappa shape index (κ3) is 4.33. The van der Waals surface area contributed by atoms with Crippen LogP contribution in [0, 0.1) is 5.92 Å². The van der Waals surface area contributed by atoms with Gasteiger partial charge in [-0.15, -0.1) is 0 Å². The van der Waals surface area contributed by atoms with Crippen molar-refractivity contribution in [2.45, 2.75) is 45.1 Å². The third-order valence-electron chi connectivity index (χ3n) is 5.24. The van der Waals surface area contributed by atoms with E-state index in [0.717, 1.165) is 45.3 Å². The summed E-state index contributed by atoms with van der Waals surface area (Å²) in [7, 11) is 0. The van der Waals surface area contributed by atoms with Gasteiger partial charge in [-0.2, -0.15) is 0 Å². The first-order chi connectivity index (χ1) is 12.1. The average Bonchev–Trinajstić information content (AvgIpc) is 2.62.